The summed E-state index contributed by atoms with van der Waals surface area (Å²) < 4.78 is 25.4. The maximum Gasteiger partial charge on any atom is 0.243 e. The highest BCUT2D eigenvalue weighted by Gasteiger charge is 2.21. The highest BCUT2D eigenvalue weighted by molar-refractivity contribution is 7.89. The van der Waals surface area contributed by atoms with Crippen molar-refractivity contribution in [2.24, 2.45) is 0 Å². The highest BCUT2D eigenvalue weighted by atomic mass is 32.2. The van der Waals surface area contributed by atoms with Crippen LogP contribution in [-0.2, 0) is 10.0 Å². The van der Waals surface area contributed by atoms with E-state index in [0.29, 0.717) is 6.54 Å². The van der Waals surface area contributed by atoms with Gasteiger partial charge in [0.2, 0.25) is 10.0 Å². The van der Waals surface area contributed by atoms with E-state index in [0.717, 1.165) is 0 Å². The number of phenolic OH excluding ortho intramolecular Hbond substituents is 1. The van der Waals surface area contributed by atoms with E-state index >= 15 is 0 Å². The summed E-state index contributed by atoms with van der Waals surface area (Å²) in [5.41, 5.74) is 0. The lowest BCUT2D eigenvalue weighted by molar-refractivity contribution is 0.459. The van der Waals surface area contributed by atoms with E-state index in [1.54, 1.807) is 13.0 Å². The summed E-state index contributed by atoms with van der Waals surface area (Å²) in [4.78, 5) is 0.175. The lowest BCUT2D eigenvalue weighted by Crippen LogP contribution is -2.30. The summed E-state index contributed by atoms with van der Waals surface area (Å²) in [6, 6.07) is 5.48. The number of sulfonamides is 1. The zero-order valence-electron chi connectivity index (χ0n) is 9.13. The Hall–Kier alpha value is -1.33. The molecule has 0 spiro atoms. The number of rotatable bonds is 5. The van der Waals surface area contributed by atoms with E-state index in [4.69, 9.17) is 5.11 Å². The van der Waals surface area contributed by atoms with Crippen molar-refractivity contribution < 1.29 is 13.5 Å². The average Bonchev–Trinajstić information content (AvgIpc) is 2.26. The molecule has 1 rings (SSSR count). The van der Waals surface area contributed by atoms with Gasteiger partial charge in [-0.1, -0.05) is 13.0 Å². The van der Waals surface area contributed by atoms with Crippen LogP contribution in [0.5, 0.6) is 5.75 Å². The Bertz CT molecular complexity index is 451. The van der Waals surface area contributed by atoms with Crippen molar-refractivity contribution in [2.75, 3.05) is 13.1 Å². The lowest BCUT2D eigenvalue weighted by Gasteiger charge is -2.18. The number of hydrogen-bond acceptors (Lipinski definition) is 3. The van der Waals surface area contributed by atoms with Crippen LogP contribution in [0.3, 0.4) is 0 Å². The summed E-state index contributed by atoms with van der Waals surface area (Å²) >= 11 is 0. The van der Waals surface area contributed by atoms with Crippen LogP contribution in [0.2, 0.25) is 0 Å². The molecule has 0 amide bonds. The topological polar surface area (TPSA) is 57.6 Å². The molecule has 16 heavy (non-hydrogen) atoms. The largest absolute Gasteiger partial charge is 0.508 e. The molecule has 0 heterocycles. The molecule has 0 aliphatic rings. The van der Waals surface area contributed by atoms with E-state index in [9.17, 15) is 8.42 Å². The molecule has 0 radical (unpaired) electrons. The maximum atomic E-state index is 12.1. The zero-order valence-corrected chi connectivity index (χ0v) is 9.94. The molecule has 5 heteroatoms. The van der Waals surface area contributed by atoms with Gasteiger partial charge in [0.05, 0.1) is 4.90 Å². The molecule has 1 N–H and O–H groups in total. The van der Waals surface area contributed by atoms with Crippen molar-refractivity contribution in [3.05, 3.63) is 36.9 Å². The number of phenols is 1. The zero-order chi connectivity index (χ0) is 12.2. The molecule has 0 aliphatic heterocycles. The van der Waals surface area contributed by atoms with Crippen molar-refractivity contribution >= 4 is 10.0 Å². The lowest BCUT2D eigenvalue weighted by atomic mass is 10.3. The Morgan fingerprint density at radius 3 is 2.38 bits per heavy atom. The van der Waals surface area contributed by atoms with Crippen LogP contribution in [0.4, 0.5) is 0 Å². The molecule has 1 aromatic carbocycles. The van der Waals surface area contributed by atoms with E-state index in [-0.39, 0.29) is 17.2 Å². The molecule has 1 aromatic rings. The van der Waals surface area contributed by atoms with E-state index in [1.165, 1.54) is 28.6 Å². The van der Waals surface area contributed by atoms with Gasteiger partial charge in [-0.3, -0.25) is 0 Å². The Kier molecular flexibility index (Phi) is 4.09. The number of benzene rings is 1. The molecule has 0 fully saturated rings. The van der Waals surface area contributed by atoms with Crippen LogP contribution >= 0.6 is 0 Å². The summed E-state index contributed by atoms with van der Waals surface area (Å²) in [5, 5.41) is 9.10. The minimum absolute atomic E-state index is 0.0470. The Morgan fingerprint density at radius 2 is 1.94 bits per heavy atom. The molecule has 88 valence electrons. The smallest absolute Gasteiger partial charge is 0.243 e. The molecule has 0 aliphatic carbocycles. The van der Waals surface area contributed by atoms with E-state index in [1.807, 2.05) is 0 Å². The molecule has 0 saturated heterocycles. The third-order valence-corrected chi connectivity index (χ3v) is 4.11. The van der Waals surface area contributed by atoms with Crippen molar-refractivity contribution in [3.8, 4) is 5.75 Å². The summed E-state index contributed by atoms with van der Waals surface area (Å²) in [7, 11) is -3.48. The summed E-state index contributed by atoms with van der Waals surface area (Å²) in [6.45, 7) is 5.95. The fourth-order valence-corrected chi connectivity index (χ4v) is 2.73. The maximum absolute atomic E-state index is 12.1. The van der Waals surface area contributed by atoms with Gasteiger partial charge >= 0.3 is 0 Å². The van der Waals surface area contributed by atoms with Crippen molar-refractivity contribution in [2.45, 2.75) is 11.8 Å². The predicted octanol–water partition coefficient (Wildman–Crippen LogP) is 1.59. The SMILES string of the molecule is C=CCN(CC)S(=O)(=O)c1ccc(O)cc1. The van der Waals surface area contributed by atoms with Crippen LogP contribution in [0.1, 0.15) is 6.92 Å². The molecule has 4 nitrogen and oxygen atoms in total. The second kappa shape index (κ2) is 5.14. The van der Waals surface area contributed by atoms with Crippen molar-refractivity contribution in [1.82, 2.24) is 4.31 Å². The fraction of sp³-hybridized carbons (Fsp3) is 0.273. The quantitative estimate of drug-likeness (QED) is 0.796. The van der Waals surface area contributed by atoms with Crippen molar-refractivity contribution in [1.29, 1.82) is 0 Å². The van der Waals surface area contributed by atoms with Gasteiger partial charge in [-0.05, 0) is 24.3 Å². The predicted molar refractivity (Wildman–Crippen MR) is 62.7 cm³/mol. The van der Waals surface area contributed by atoms with Crippen LogP contribution in [0, 0.1) is 0 Å². The molecule has 0 atom stereocenters. The van der Waals surface area contributed by atoms with Gasteiger partial charge in [-0.25, -0.2) is 8.42 Å². The molecular weight excluding hydrogens is 226 g/mol. The van der Waals surface area contributed by atoms with E-state index < -0.39 is 10.0 Å². The molecule has 0 saturated carbocycles. The van der Waals surface area contributed by atoms with Crippen LogP contribution in [0.25, 0.3) is 0 Å². The first kappa shape index (κ1) is 12.7. The van der Waals surface area contributed by atoms with Gasteiger partial charge in [0.1, 0.15) is 5.75 Å². The minimum Gasteiger partial charge on any atom is -0.508 e. The van der Waals surface area contributed by atoms with Crippen molar-refractivity contribution in [3.63, 3.8) is 0 Å². The first-order chi connectivity index (χ1) is 7.52. The first-order valence-corrected chi connectivity index (χ1v) is 6.36. The van der Waals surface area contributed by atoms with Crippen LogP contribution < -0.4 is 0 Å². The summed E-state index contributed by atoms with van der Waals surface area (Å²) in [5.74, 6) is 0.0470. The summed E-state index contributed by atoms with van der Waals surface area (Å²) in [6.07, 6.45) is 1.54. The monoisotopic (exact) mass is 241 g/mol. The standard InChI is InChI=1S/C11H15NO3S/c1-3-9-12(4-2)16(14,15)11-7-5-10(13)6-8-11/h3,5-8,13H,1,4,9H2,2H3. The van der Waals surface area contributed by atoms with Gasteiger partial charge in [0.15, 0.2) is 0 Å². The van der Waals surface area contributed by atoms with Crippen LogP contribution in [0.15, 0.2) is 41.8 Å². The Morgan fingerprint density at radius 1 is 1.38 bits per heavy atom. The van der Waals surface area contributed by atoms with Gasteiger partial charge in [0, 0.05) is 13.1 Å². The minimum atomic E-state index is -3.48. The van der Waals surface area contributed by atoms with Gasteiger partial charge in [0.25, 0.3) is 0 Å². The molecule has 0 unspecified atom stereocenters. The number of aromatic hydroxyl groups is 1. The molecular formula is C11H15NO3S. The van der Waals surface area contributed by atoms with Crippen LogP contribution in [-0.4, -0.2) is 30.9 Å². The Labute approximate surface area is 95.9 Å². The second-order valence-corrected chi connectivity index (χ2v) is 5.18. The normalized spacial score (nSPS) is 11.6. The molecule has 0 aromatic heterocycles. The molecule has 0 bridgehead atoms. The second-order valence-electron chi connectivity index (χ2n) is 3.24. The average molecular weight is 241 g/mol. The number of nitrogens with zero attached hydrogens (tertiary/aromatic N) is 1. The third-order valence-electron chi connectivity index (χ3n) is 2.16. The highest BCUT2D eigenvalue weighted by Crippen LogP contribution is 2.18. The fourth-order valence-electron chi connectivity index (χ4n) is 1.31. The Balaban J connectivity index is 3.09. The van der Waals surface area contributed by atoms with Gasteiger partial charge in [-0.2, -0.15) is 4.31 Å². The number of hydrogen-bond donors (Lipinski definition) is 1. The third kappa shape index (κ3) is 2.62. The first-order valence-electron chi connectivity index (χ1n) is 4.92. The number of likely N-dealkylation sites (N-methyl/N-ethyl adjacent to an activating group) is 1. The van der Waals surface area contributed by atoms with E-state index in [2.05, 4.69) is 6.58 Å². The van der Waals surface area contributed by atoms with Gasteiger partial charge < -0.3 is 5.11 Å². The van der Waals surface area contributed by atoms with Gasteiger partial charge in [-0.15, -0.1) is 6.58 Å².